The van der Waals surface area contributed by atoms with Crippen molar-refractivity contribution < 1.29 is 4.79 Å². The molecule has 0 radical (unpaired) electrons. The van der Waals surface area contributed by atoms with Crippen LogP contribution in [-0.2, 0) is 13.5 Å². The number of carbonyl (C=O) groups is 1. The Labute approximate surface area is 121 Å². The summed E-state index contributed by atoms with van der Waals surface area (Å²) in [7, 11) is 1.51. The predicted octanol–water partition coefficient (Wildman–Crippen LogP) is 1.41. The SMILES string of the molecule is Cn1nc(C(=O)NCCc2cccc(Cl)c2)ccc1=O. The summed E-state index contributed by atoms with van der Waals surface area (Å²) >= 11 is 5.88. The highest BCUT2D eigenvalue weighted by Gasteiger charge is 2.07. The lowest BCUT2D eigenvalue weighted by Crippen LogP contribution is -2.29. The number of halogens is 1. The molecule has 0 atom stereocenters. The zero-order valence-electron chi connectivity index (χ0n) is 11.0. The average molecular weight is 292 g/mol. The van der Waals surface area contributed by atoms with Gasteiger partial charge >= 0.3 is 0 Å². The van der Waals surface area contributed by atoms with Gasteiger partial charge in [-0.3, -0.25) is 9.59 Å². The van der Waals surface area contributed by atoms with Gasteiger partial charge in [-0.2, -0.15) is 5.10 Å². The monoisotopic (exact) mass is 291 g/mol. The van der Waals surface area contributed by atoms with Crippen molar-refractivity contribution in [2.75, 3.05) is 6.54 Å². The molecule has 1 amide bonds. The minimum Gasteiger partial charge on any atom is -0.350 e. The molecule has 0 saturated heterocycles. The fourth-order valence-corrected chi connectivity index (χ4v) is 1.94. The smallest absolute Gasteiger partial charge is 0.271 e. The van der Waals surface area contributed by atoms with E-state index < -0.39 is 0 Å². The first-order valence-corrected chi connectivity index (χ1v) is 6.51. The molecule has 1 N–H and O–H groups in total. The van der Waals surface area contributed by atoms with Gasteiger partial charge in [0, 0.05) is 24.7 Å². The van der Waals surface area contributed by atoms with Crippen LogP contribution < -0.4 is 10.9 Å². The molecule has 0 saturated carbocycles. The predicted molar refractivity (Wildman–Crippen MR) is 77.0 cm³/mol. The number of aryl methyl sites for hydroxylation is 1. The van der Waals surface area contributed by atoms with Gasteiger partial charge in [-0.05, 0) is 30.2 Å². The van der Waals surface area contributed by atoms with Crippen molar-refractivity contribution >= 4 is 17.5 Å². The second kappa shape index (κ2) is 6.34. The third kappa shape index (κ3) is 3.68. The fourth-order valence-electron chi connectivity index (χ4n) is 1.73. The Balaban J connectivity index is 1.92. The first kappa shape index (κ1) is 14.3. The molecule has 1 heterocycles. The molecule has 0 fully saturated rings. The topological polar surface area (TPSA) is 64.0 Å². The maximum absolute atomic E-state index is 11.9. The molecule has 5 nitrogen and oxygen atoms in total. The normalized spacial score (nSPS) is 10.3. The van der Waals surface area contributed by atoms with Gasteiger partial charge in [0.25, 0.3) is 11.5 Å². The number of carbonyl (C=O) groups excluding carboxylic acids is 1. The number of hydrogen-bond donors (Lipinski definition) is 1. The largest absolute Gasteiger partial charge is 0.350 e. The maximum Gasteiger partial charge on any atom is 0.271 e. The number of benzene rings is 1. The van der Waals surface area contributed by atoms with Crippen LogP contribution in [0.2, 0.25) is 5.02 Å². The molecule has 104 valence electrons. The number of aromatic nitrogens is 2. The summed E-state index contributed by atoms with van der Waals surface area (Å²) in [5.74, 6) is -0.303. The van der Waals surface area contributed by atoms with Gasteiger partial charge < -0.3 is 5.32 Å². The van der Waals surface area contributed by atoms with Gasteiger partial charge in [-0.1, -0.05) is 23.7 Å². The van der Waals surface area contributed by atoms with Crippen LogP contribution in [0.1, 0.15) is 16.1 Å². The summed E-state index contributed by atoms with van der Waals surface area (Å²) in [6.07, 6.45) is 0.679. The summed E-state index contributed by atoms with van der Waals surface area (Å²) in [6, 6.07) is 10.2. The van der Waals surface area contributed by atoms with E-state index in [0.29, 0.717) is 18.0 Å². The molecule has 2 aromatic rings. The van der Waals surface area contributed by atoms with Crippen LogP contribution in [0.15, 0.2) is 41.2 Å². The van der Waals surface area contributed by atoms with E-state index in [1.54, 1.807) is 6.07 Å². The molecule has 0 aliphatic carbocycles. The van der Waals surface area contributed by atoms with E-state index >= 15 is 0 Å². The van der Waals surface area contributed by atoms with Crippen LogP contribution in [0.4, 0.5) is 0 Å². The zero-order chi connectivity index (χ0) is 14.5. The molecule has 0 aliphatic rings. The Morgan fingerprint density at radius 3 is 2.85 bits per heavy atom. The lowest BCUT2D eigenvalue weighted by molar-refractivity contribution is 0.0947. The Morgan fingerprint density at radius 2 is 2.15 bits per heavy atom. The zero-order valence-corrected chi connectivity index (χ0v) is 11.7. The number of rotatable bonds is 4. The van der Waals surface area contributed by atoms with Crippen LogP contribution in [0.25, 0.3) is 0 Å². The second-order valence-corrected chi connectivity index (χ2v) is 4.75. The van der Waals surface area contributed by atoms with Crippen LogP contribution in [-0.4, -0.2) is 22.2 Å². The molecular formula is C14H14ClN3O2. The Bertz CT molecular complexity index is 682. The highest BCUT2D eigenvalue weighted by Crippen LogP contribution is 2.10. The standard InChI is InChI=1S/C14H14ClN3O2/c1-18-13(19)6-5-12(17-18)14(20)16-8-7-10-3-2-4-11(15)9-10/h2-6,9H,7-8H2,1H3,(H,16,20). The molecule has 1 aromatic heterocycles. The lowest BCUT2D eigenvalue weighted by Gasteiger charge is -2.06. The van der Waals surface area contributed by atoms with Crippen molar-refractivity contribution in [2.24, 2.45) is 7.05 Å². The highest BCUT2D eigenvalue weighted by atomic mass is 35.5. The number of nitrogens with one attached hydrogen (secondary N) is 1. The Kier molecular flexibility index (Phi) is 4.53. The summed E-state index contributed by atoms with van der Waals surface area (Å²) in [5, 5.41) is 7.31. The van der Waals surface area contributed by atoms with Crippen LogP contribution in [0.3, 0.4) is 0 Å². The first-order valence-electron chi connectivity index (χ1n) is 6.13. The maximum atomic E-state index is 11.9. The lowest BCUT2D eigenvalue weighted by atomic mass is 10.1. The molecule has 1 aromatic carbocycles. The van der Waals surface area contributed by atoms with E-state index in [9.17, 15) is 9.59 Å². The quantitative estimate of drug-likeness (QED) is 0.926. The minimum atomic E-state index is -0.303. The van der Waals surface area contributed by atoms with Gasteiger partial charge in [0.15, 0.2) is 0 Å². The van der Waals surface area contributed by atoms with E-state index in [2.05, 4.69) is 10.4 Å². The van der Waals surface area contributed by atoms with Gasteiger partial charge in [0.1, 0.15) is 5.69 Å². The number of hydrogen-bond acceptors (Lipinski definition) is 3. The van der Waals surface area contributed by atoms with E-state index in [0.717, 1.165) is 10.2 Å². The van der Waals surface area contributed by atoms with Gasteiger partial charge in [-0.25, -0.2) is 4.68 Å². The van der Waals surface area contributed by atoms with Crippen molar-refractivity contribution in [2.45, 2.75) is 6.42 Å². The van der Waals surface area contributed by atoms with Crippen molar-refractivity contribution in [1.82, 2.24) is 15.1 Å². The number of amides is 1. The molecule has 6 heteroatoms. The highest BCUT2D eigenvalue weighted by molar-refractivity contribution is 6.30. The van der Waals surface area contributed by atoms with E-state index in [4.69, 9.17) is 11.6 Å². The molecule has 0 aliphatic heterocycles. The van der Waals surface area contributed by atoms with Crippen molar-refractivity contribution in [3.63, 3.8) is 0 Å². The molecule has 20 heavy (non-hydrogen) atoms. The molecular weight excluding hydrogens is 278 g/mol. The summed E-state index contributed by atoms with van der Waals surface area (Å²) in [5.41, 5.74) is 1.02. The third-order valence-corrected chi connectivity index (χ3v) is 3.02. The third-order valence-electron chi connectivity index (χ3n) is 2.78. The molecule has 0 spiro atoms. The second-order valence-electron chi connectivity index (χ2n) is 4.32. The molecule has 2 rings (SSSR count). The first-order chi connectivity index (χ1) is 9.56. The molecule has 0 bridgehead atoms. The van der Waals surface area contributed by atoms with Crippen LogP contribution in [0, 0.1) is 0 Å². The van der Waals surface area contributed by atoms with Gasteiger partial charge in [0.05, 0.1) is 0 Å². The van der Waals surface area contributed by atoms with Crippen LogP contribution in [0.5, 0.6) is 0 Å². The van der Waals surface area contributed by atoms with E-state index in [1.807, 2.05) is 18.2 Å². The van der Waals surface area contributed by atoms with E-state index in [1.165, 1.54) is 19.2 Å². The van der Waals surface area contributed by atoms with Gasteiger partial charge in [0.2, 0.25) is 0 Å². The van der Waals surface area contributed by atoms with Crippen molar-refractivity contribution in [3.8, 4) is 0 Å². The summed E-state index contributed by atoms with van der Waals surface area (Å²) in [4.78, 5) is 23.0. The summed E-state index contributed by atoms with van der Waals surface area (Å²) < 4.78 is 1.13. The fraction of sp³-hybridized carbons (Fsp3) is 0.214. The van der Waals surface area contributed by atoms with E-state index in [-0.39, 0.29) is 17.2 Å². The van der Waals surface area contributed by atoms with Crippen LogP contribution >= 0.6 is 11.6 Å². The minimum absolute atomic E-state index is 0.221. The van der Waals surface area contributed by atoms with Crippen molar-refractivity contribution in [1.29, 1.82) is 0 Å². The average Bonchev–Trinajstić information content (AvgIpc) is 2.42. The molecule has 0 unspecified atom stereocenters. The summed E-state index contributed by atoms with van der Waals surface area (Å²) in [6.45, 7) is 0.476. The Hall–Kier alpha value is -2.14. The number of nitrogens with zero attached hydrogens (tertiary/aromatic N) is 2. The van der Waals surface area contributed by atoms with Crippen molar-refractivity contribution in [3.05, 3.63) is 63.0 Å². The Morgan fingerprint density at radius 1 is 1.35 bits per heavy atom. The van der Waals surface area contributed by atoms with Gasteiger partial charge in [-0.15, -0.1) is 0 Å².